The smallest absolute Gasteiger partial charge is 0.197 e. The van der Waals surface area contributed by atoms with Gasteiger partial charge in [-0.15, -0.1) is 0 Å². The van der Waals surface area contributed by atoms with Crippen LogP contribution in [0.15, 0.2) is 6.07 Å². The first kappa shape index (κ1) is 12.0. The van der Waals surface area contributed by atoms with Crippen molar-refractivity contribution in [3.05, 3.63) is 41.8 Å². The third-order valence-corrected chi connectivity index (χ3v) is 2.19. The Kier molecular flexibility index (Phi) is 3.04. The van der Waals surface area contributed by atoms with E-state index in [1.807, 2.05) is 0 Å². The Morgan fingerprint density at radius 3 is 2.20 bits per heavy atom. The van der Waals surface area contributed by atoms with E-state index in [9.17, 15) is 22.7 Å². The van der Waals surface area contributed by atoms with Crippen LogP contribution in [0.5, 0.6) is 0 Å². The highest BCUT2D eigenvalue weighted by atomic mass is 19.2. The SMILES string of the molecule is [CH2]C(O)(CC)c1cc(F)c(F)c(F)c1F. The zero-order valence-corrected chi connectivity index (χ0v) is 7.95. The second-order valence-corrected chi connectivity index (χ2v) is 3.23. The molecule has 1 atom stereocenters. The predicted molar refractivity (Wildman–Crippen MR) is 45.8 cm³/mol. The van der Waals surface area contributed by atoms with Crippen LogP contribution in [0.25, 0.3) is 0 Å². The summed E-state index contributed by atoms with van der Waals surface area (Å²) in [6, 6.07) is 0.407. The molecule has 1 rings (SSSR count). The van der Waals surface area contributed by atoms with Crippen molar-refractivity contribution in [1.82, 2.24) is 0 Å². The topological polar surface area (TPSA) is 20.2 Å². The predicted octanol–water partition coefficient (Wildman–Crippen LogP) is 2.67. The first-order valence-electron chi connectivity index (χ1n) is 4.22. The minimum atomic E-state index is -1.97. The molecule has 1 nitrogen and oxygen atoms in total. The summed E-state index contributed by atoms with van der Waals surface area (Å²) in [4.78, 5) is 0. The Morgan fingerprint density at radius 1 is 1.20 bits per heavy atom. The number of benzene rings is 1. The lowest BCUT2D eigenvalue weighted by Gasteiger charge is -2.22. The maximum atomic E-state index is 13.1. The van der Waals surface area contributed by atoms with Crippen molar-refractivity contribution in [3.63, 3.8) is 0 Å². The van der Waals surface area contributed by atoms with Crippen LogP contribution in [0.1, 0.15) is 18.9 Å². The quantitative estimate of drug-likeness (QED) is 0.462. The van der Waals surface area contributed by atoms with E-state index in [1.165, 1.54) is 6.92 Å². The zero-order valence-electron chi connectivity index (χ0n) is 7.95. The van der Waals surface area contributed by atoms with Crippen LogP contribution in [0.4, 0.5) is 17.6 Å². The molecule has 0 fully saturated rings. The molecule has 0 aliphatic rings. The monoisotopic (exact) mass is 221 g/mol. The zero-order chi connectivity index (χ0) is 11.8. The number of hydrogen-bond donors (Lipinski definition) is 1. The van der Waals surface area contributed by atoms with Gasteiger partial charge in [0, 0.05) is 5.56 Å². The van der Waals surface area contributed by atoms with Gasteiger partial charge in [-0.2, -0.15) is 0 Å². The summed E-state index contributed by atoms with van der Waals surface area (Å²) in [6.07, 6.45) is -0.0611. The van der Waals surface area contributed by atoms with Crippen LogP contribution < -0.4 is 0 Å². The largest absolute Gasteiger partial charge is 0.385 e. The molecule has 0 heterocycles. The molecular weight excluding hydrogens is 212 g/mol. The van der Waals surface area contributed by atoms with Gasteiger partial charge in [0.2, 0.25) is 0 Å². The number of rotatable bonds is 2. The van der Waals surface area contributed by atoms with E-state index < -0.39 is 34.4 Å². The molecule has 0 amide bonds. The van der Waals surface area contributed by atoms with Gasteiger partial charge in [0.15, 0.2) is 23.3 Å². The molecule has 0 bridgehead atoms. The lowest BCUT2D eigenvalue weighted by atomic mass is 9.92. The third kappa shape index (κ3) is 1.97. The summed E-state index contributed by atoms with van der Waals surface area (Å²) in [6.45, 7) is 4.64. The van der Waals surface area contributed by atoms with Gasteiger partial charge in [-0.3, -0.25) is 0 Å². The fourth-order valence-electron chi connectivity index (χ4n) is 1.10. The molecule has 0 saturated heterocycles. The molecular formula is C10H9F4O. The maximum absolute atomic E-state index is 13.1. The van der Waals surface area contributed by atoms with E-state index in [0.717, 1.165) is 0 Å². The Bertz CT molecular complexity index is 387. The fraction of sp³-hybridized carbons (Fsp3) is 0.300. The molecule has 1 aromatic carbocycles. The summed E-state index contributed by atoms with van der Waals surface area (Å²) in [5, 5.41) is 9.51. The molecule has 1 aromatic rings. The first-order chi connectivity index (χ1) is 6.81. The molecule has 0 aromatic heterocycles. The average molecular weight is 221 g/mol. The third-order valence-electron chi connectivity index (χ3n) is 2.19. The van der Waals surface area contributed by atoms with E-state index in [2.05, 4.69) is 6.92 Å². The Balaban J connectivity index is 3.45. The maximum Gasteiger partial charge on any atom is 0.197 e. The van der Waals surface area contributed by atoms with Crippen LogP contribution in [-0.4, -0.2) is 5.11 Å². The molecule has 1 radical (unpaired) electrons. The molecule has 0 saturated carbocycles. The van der Waals surface area contributed by atoms with Gasteiger partial charge in [-0.25, -0.2) is 17.6 Å². The van der Waals surface area contributed by atoms with Crippen LogP contribution in [-0.2, 0) is 5.60 Å². The molecule has 1 N–H and O–H groups in total. The van der Waals surface area contributed by atoms with Gasteiger partial charge < -0.3 is 5.11 Å². The summed E-state index contributed by atoms with van der Waals surface area (Å²) >= 11 is 0. The Labute approximate surface area is 84.3 Å². The first-order valence-corrected chi connectivity index (χ1v) is 4.22. The number of hydrogen-bond acceptors (Lipinski definition) is 1. The van der Waals surface area contributed by atoms with E-state index in [0.29, 0.717) is 6.07 Å². The second kappa shape index (κ2) is 3.81. The summed E-state index contributed by atoms with van der Waals surface area (Å²) in [5.41, 5.74) is -2.67. The van der Waals surface area contributed by atoms with Gasteiger partial charge in [-0.1, -0.05) is 6.92 Å². The Morgan fingerprint density at radius 2 is 1.73 bits per heavy atom. The molecule has 5 heteroatoms. The van der Waals surface area contributed by atoms with E-state index in [4.69, 9.17) is 0 Å². The van der Waals surface area contributed by atoms with Crippen LogP contribution in [0.3, 0.4) is 0 Å². The van der Waals surface area contributed by atoms with Crippen molar-refractivity contribution in [2.24, 2.45) is 0 Å². The van der Waals surface area contributed by atoms with Crippen LogP contribution >= 0.6 is 0 Å². The normalized spacial score (nSPS) is 15.1. The second-order valence-electron chi connectivity index (χ2n) is 3.23. The number of aliphatic hydroxyl groups is 1. The highest BCUT2D eigenvalue weighted by Gasteiger charge is 2.29. The number of halogens is 4. The average Bonchev–Trinajstić information content (AvgIpc) is 2.20. The van der Waals surface area contributed by atoms with Gasteiger partial charge in [0.05, 0.1) is 5.60 Å². The molecule has 83 valence electrons. The van der Waals surface area contributed by atoms with Crippen molar-refractivity contribution in [2.45, 2.75) is 18.9 Å². The Hall–Kier alpha value is -1.10. The summed E-state index contributed by atoms with van der Waals surface area (Å²) < 4.78 is 51.3. The van der Waals surface area contributed by atoms with E-state index >= 15 is 0 Å². The van der Waals surface area contributed by atoms with Crippen molar-refractivity contribution in [2.75, 3.05) is 0 Å². The van der Waals surface area contributed by atoms with Gasteiger partial charge in [0.1, 0.15) is 0 Å². The van der Waals surface area contributed by atoms with Crippen LogP contribution in [0.2, 0.25) is 0 Å². The summed E-state index contributed by atoms with van der Waals surface area (Å²) in [5.74, 6) is -7.02. The molecule has 1 unspecified atom stereocenters. The van der Waals surface area contributed by atoms with Crippen molar-refractivity contribution < 1.29 is 22.7 Å². The van der Waals surface area contributed by atoms with Gasteiger partial charge in [0.25, 0.3) is 0 Å². The fourth-order valence-corrected chi connectivity index (χ4v) is 1.10. The van der Waals surface area contributed by atoms with Gasteiger partial charge >= 0.3 is 0 Å². The van der Waals surface area contributed by atoms with E-state index in [-0.39, 0.29) is 6.42 Å². The lowest BCUT2D eigenvalue weighted by Crippen LogP contribution is -2.23. The highest BCUT2D eigenvalue weighted by Crippen LogP contribution is 2.29. The van der Waals surface area contributed by atoms with Crippen molar-refractivity contribution >= 4 is 0 Å². The van der Waals surface area contributed by atoms with Gasteiger partial charge in [-0.05, 0) is 19.4 Å². The van der Waals surface area contributed by atoms with Crippen molar-refractivity contribution in [3.8, 4) is 0 Å². The molecule has 0 aliphatic heterocycles. The van der Waals surface area contributed by atoms with Crippen molar-refractivity contribution in [1.29, 1.82) is 0 Å². The molecule has 0 aliphatic carbocycles. The minimum Gasteiger partial charge on any atom is -0.385 e. The molecule has 0 spiro atoms. The highest BCUT2D eigenvalue weighted by molar-refractivity contribution is 5.28. The molecule has 15 heavy (non-hydrogen) atoms. The summed E-state index contributed by atoms with van der Waals surface area (Å²) in [7, 11) is 0. The van der Waals surface area contributed by atoms with E-state index in [1.54, 1.807) is 0 Å². The lowest BCUT2D eigenvalue weighted by molar-refractivity contribution is 0.0763. The minimum absolute atomic E-state index is 0.0611. The van der Waals surface area contributed by atoms with Crippen LogP contribution in [0, 0.1) is 30.2 Å². The standard InChI is InChI=1S/C10H9F4O/c1-3-10(2,15)5-4-6(11)8(13)9(14)7(5)12/h4,15H,2-3H2,1H3.